The van der Waals surface area contributed by atoms with Crippen LogP contribution in [0.4, 0.5) is 0 Å². The summed E-state index contributed by atoms with van der Waals surface area (Å²) in [5.41, 5.74) is 0. The molecule has 1 atom stereocenters. The summed E-state index contributed by atoms with van der Waals surface area (Å²) in [5, 5.41) is 0. The average molecular weight is 181 g/mol. The van der Waals surface area contributed by atoms with Gasteiger partial charge in [0.05, 0.1) is 19.3 Å². The van der Waals surface area contributed by atoms with Crippen LogP contribution in [0.2, 0.25) is 0 Å². The zero-order valence-electron chi connectivity index (χ0n) is 7.94. The third-order valence-corrected chi connectivity index (χ3v) is 2.34. The zero-order chi connectivity index (χ0) is 9.10. The van der Waals surface area contributed by atoms with Crippen molar-refractivity contribution in [2.24, 2.45) is 9.98 Å². The van der Waals surface area contributed by atoms with Crippen LogP contribution in [0.25, 0.3) is 0 Å². The Labute approximate surface area is 78.3 Å². The molecule has 1 fully saturated rings. The third-order valence-electron chi connectivity index (χ3n) is 2.34. The SMILES string of the molecule is C[C@H]1COCCN1C1=NCCC=N1. The van der Waals surface area contributed by atoms with E-state index in [9.17, 15) is 0 Å². The number of nitrogens with zero attached hydrogens (tertiary/aromatic N) is 3. The zero-order valence-corrected chi connectivity index (χ0v) is 7.94. The molecule has 2 aliphatic rings. The molecule has 0 aromatic rings. The molecule has 0 aromatic carbocycles. The molecule has 0 radical (unpaired) electrons. The summed E-state index contributed by atoms with van der Waals surface area (Å²) in [7, 11) is 0. The van der Waals surface area contributed by atoms with E-state index in [0.29, 0.717) is 6.04 Å². The quantitative estimate of drug-likeness (QED) is 0.547. The van der Waals surface area contributed by atoms with Crippen molar-refractivity contribution in [3.05, 3.63) is 0 Å². The lowest BCUT2D eigenvalue weighted by Crippen LogP contribution is -2.47. The van der Waals surface area contributed by atoms with Gasteiger partial charge in [-0.2, -0.15) is 0 Å². The first-order valence-electron chi connectivity index (χ1n) is 4.79. The monoisotopic (exact) mass is 181 g/mol. The van der Waals surface area contributed by atoms with Crippen LogP contribution in [-0.4, -0.2) is 49.4 Å². The lowest BCUT2D eigenvalue weighted by molar-refractivity contribution is 0.0325. The maximum absolute atomic E-state index is 5.35. The number of guanidine groups is 1. The standard InChI is InChI=1S/C9H15N3O/c1-8-7-13-6-5-12(8)9-10-3-2-4-11-9/h3,8H,2,4-7H2,1H3/t8-/m0/s1. The fourth-order valence-electron chi connectivity index (χ4n) is 1.60. The minimum absolute atomic E-state index is 0.405. The van der Waals surface area contributed by atoms with Crippen LogP contribution in [0.15, 0.2) is 9.98 Å². The van der Waals surface area contributed by atoms with Gasteiger partial charge >= 0.3 is 0 Å². The van der Waals surface area contributed by atoms with Crippen molar-refractivity contribution in [1.82, 2.24) is 4.90 Å². The van der Waals surface area contributed by atoms with Gasteiger partial charge in [0, 0.05) is 25.7 Å². The Kier molecular flexibility index (Phi) is 2.59. The molecular formula is C9H15N3O. The van der Waals surface area contributed by atoms with E-state index in [-0.39, 0.29) is 0 Å². The Morgan fingerprint density at radius 2 is 2.54 bits per heavy atom. The van der Waals surface area contributed by atoms with Crippen LogP contribution in [0.3, 0.4) is 0 Å². The number of hydrogen-bond donors (Lipinski definition) is 0. The minimum Gasteiger partial charge on any atom is -0.377 e. The number of ether oxygens (including phenoxy) is 1. The minimum atomic E-state index is 0.405. The van der Waals surface area contributed by atoms with Gasteiger partial charge in [0.2, 0.25) is 5.96 Å². The van der Waals surface area contributed by atoms with Crippen molar-refractivity contribution in [3.8, 4) is 0 Å². The van der Waals surface area contributed by atoms with Crippen LogP contribution in [0.5, 0.6) is 0 Å². The number of hydrogen-bond acceptors (Lipinski definition) is 4. The van der Waals surface area contributed by atoms with E-state index < -0.39 is 0 Å². The van der Waals surface area contributed by atoms with Crippen molar-refractivity contribution in [2.75, 3.05) is 26.3 Å². The largest absolute Gasteiger partial charge is 0.377 e. The van der Waals surface area contributed by atoms with E-state index in [1.807, 2.05) is 6.21 Å². The first-order chi connectivity index (χ1) is 6.38. The normalized spacial score (nSPS) is 28.8. The predicted molar refractivity (Wildman–Crippen MR) is 52.4 cm³/mol. The van der Waals surface area contributed by atoms with Crippen molar-refractivity contribution < 1.29 is 4.74 Å². The highest BCUT2D eigenvalue weighted by molar-refractivity contribution is 5.89. The van der Waals surface area contributed by atoms with Gasteiger partial charge in [-0.1, -0.05) is 0 Å². The Bertz CT molecular complexity index is 237. The highest BCUT2D eigenvalue weighted by Crippen LogP contribution is 2.09. The second-order valence-electron chi connectivity index (χ2n) is 3.40. The highest BCUT2D eigenvalue weighted by atomic mass is 16.5. The van der Waals surface area contributed by atoms with Crippen LogP contribution in [0, 0.1) is 0 Å². The Morgan fingerprint density at radius 1 is 1.62 bits per heavy atom. The van der Waals surface area contributed by atoms with Gasteiger partial charge in [-0.25, -0.2) is 4.99 Å². The summed E-state index contributed by atoms with van der Waals surface area (Å²) < 4.78 is 5.35. The summed E-state index contributed by atoms with van der Waals surface area (Å²) in [6.45, 7) is 5.51. The van der Waals surface area contributed by atoms with Gasteiger partial charge in [0.25, 0.3) is 0 Å². The van der Waals surface area contributed by atoms with Crippen molar-refractivity contribution in [1.29, 1.82) is 0 Å². The maximum atomic E-state index is 5.35. The molecule has 0 amide bonds. The number of aliphatic imine (C=N–C) groups is 2. The summed E-state index contributed by atoms with van der Waals surface area (Å²) in [6, 6.07) is 0.405. The molecular weight excluding hydrogens is 166 g/mol. The third kappa shape index (κ3) is 1.88. The molecule has 0 saturated carbocycles. The Balaban J connectivity index is 2.05. The molecule has 4 heteroatoms. The van der Waals surface area contributed by atoms with Crippen molar-refractivity contribution >= 4 is 12.2 Å². The van der Waals surface area contributed by atoms with E-state index in [4.69, 9.17) is 4.74 Å². The van der Waals surface area contributed by atoms with Crippen LogP contribution in [0.1, 0.15) is 13.3 Å². The van der Waals surface area contributed by atoms with Gasteiger partial charge in [-0.15, -0.1) is 0 Å². The molecule has 72 valence electrons. The lowest BCUT2D eigenvalue weighted by atomic mass is 10.2. The molecule has 0 spiro atoms. The van der Waals surface area contributed by atoms with E-state index >= 15 is 0 Å². The van der Waals surface area contributed by atoms with Crippen molar-refractivity contribution in [2.45, 2.75) is 19.4 Å². The summed E-state index contributed by atoms with van der Waals surface area (Å²) >= 11 is 0. The Hall–Kier alpha value is -0.900. The molecule has 0 unspecified atom stereocenters. The molecule has 0 bridgehead atoms. The summed E-state index contributed by atoms with van der Waals surface area (Å²) in [6.07, 6.45) is 2.92. The topological polar surface area (TPSA) is 37.2 Å². The molecule has 0 N–H and O–H groups in total. The molecule has 2 aliphatic heterocycles. The molecule has 2 rings (SSSR count). The van der Waals surface area contributed by atoms with Gasteiger partial charge in [-0.05, 0) is 6.92 Å². The van der Waals surface area contributed by atoms with Crippen LogP contribution < -0.4 is 0 Å². The molecule has 2 heterocycles. The average Bonchev–Trinajstić information content (AvgIpc) is 2.20. The molecule has 0 aromatic heterocycles. The van der Waals surface area contributed by atoms with E-state index in [2.05, 4.69) is 21.8 Å². The number of rotatable bonds is 0. The van der Waals surface area contributed by atoms with Crippen LogP contribution in [-0.2, 0) is 4.74 Å². The van der Waals surface area contributed by atoms with Gasteiger partial charge in [0.1, 0.15) is 0 Å². The van der Waals surface area contributed by atoms with E-state index in [0.717, 1.165) is 38.7 Å². The summed E-state index contributed by atoms with van der Waals surface area (Å²) in [5.74, 6) is 0.891. The predicted octanol–water partition coefficient (Wildman–Crippen LogP) is 0.538. The van der Waals surface area contributed by atoms with E-state index in [1.165, 1.54) is 0 Å². The van der Waals surface area contributed by atoms with Gasteiger partial charge in [0.15, 0.2) is 0 Å². The number of morpholine rings is 1. The summed E-state index contributed by atoms with van der Waals surface area (Å²) in [4.78, 5) is 10.9. The molecule has 4 nitrogen and oxygen atoms in total. The maximum Gasteiger partial charge on any atom is 0.220 e. The van der Waals surface area contributed by atoms with Gasteiger partial charge in [-0.3, -0.25) is 4.99 Å². The first kappa shape index (κ1) is 8.69. The van der Waals surface area contributed by atoms with Crippen molar-refractivity contribution in [3.63, 3.8) is 0 Å². The molecule has 0 aliphatic carbocycles. The second-order valence-corrected chi connectivity index (χ2v) is 3.40. The van der Waals surface area contributed by atoms with E-state index in [1.54, 1.807) is 0 Å². The second kappa shape index (κ2) is 3.87. The highest BCUT2D eigenvalue weighted by Gasteiger charge is 2.22. The van der Waals surface area contributed by atoms with Gasteiger partial charge < -0.3 is 9.64 Å². The first-order valence-corrected chi connectivity index (χ1v) is 4.79. The molecule has 13 heavy (non-hydrogen) atoms. The van der Waals surface area contributed by atoms with Crippen LogP contribution >= 0.6 is 0 Å². The fourth-order valence-corrected chi connectivity index (χ4v) is 1.60. The fraction of sp³-hybridized carbons (Fsp3) is 0.778. The molecule has 1 saturated heterocycles. The smallest absolute Gasteiger partial charge is 0.220 e. The lowest BCUT2D eigenvalue weighted by Gasteiger charge is -2.34. The Morgan fingerprint density at radius 3 is 3.23 bits per heavy atom.